The Balaban J connectivity index is 1.49. The van der Waals surface area contributed by atoms with Crippen LogP contribution in [0.5, 0.6) is 5.75 Å². The van der Waals surface area contributed by atoms with Gasteiger partial charge >= 0.3 is 0 Å². The van der Waals surface area contributed by atoms with Crippen LogP contribution in [0.4, 0.5) is 0 Å². The standard InChI is InChI=1S/C23H33N3O2S/c1-17-7-8-20(13-18(17)2)28-15-21(27)26-10-6-9-25(11-12-26)14-19-16-29-22(24-19)23(3,4)5/h7-8,13,16H,6,9-12,14-15H2,1-5H3. The first kappa shape index (κ1) is 21.8. The lowest BCUT2D eigenvalue weighted by Crippen LogP contribution is -2.38. The number of carbonyl (C=O) groups excluding carboxylic acids is 1. The van der Waals surface area contributed by atoms with Gasteiger partial charge < -0.3 is 9.64 Å². The fourth-order valence-corrected chi connectivity index (χ4v) is 4.27. The molecule has 0 spiro atoms. The van der Waals surface area contributed by atoms with Gasteiger partial charge in [0.05, 0.1) is 10.7 Å². The SMILES string of the molecule is Cc1ccc(OCC(=O)N2CCCN(Cc3csc(C(C)(C)C)n3)CC2)cc1C. The van der Waals surface area contributed by atoms with Crippen LogP contribution in [0.3, 0.4) is 0 Å². The zero-order chi connectivity index (χ0) is 21.0. The fraction of sp³-hybridized carbons (Fsp3) is 0.565. The summed E-state index contributed by atoms with van der Waals surface area (Å²) in [5, 5.41) is 3.36. The van der Waals surface area contributed by atoms with E-state index in [-0.39, 0.29) is 17.9 Å². The topological polar surface area (TPSA) is 45.7 Å². The van der Waals surface area contributed by atoms with Crippen molar-refractivity contribution in [2.45, 2.75) is 53.0 Å². The molecular weight excluding hydrogens is 382 g/mol. The Morgan fingerprint density at radius 3 is 2.62 bits per heavy atom. The van der Waals surface area contributed by atoms with Gasteiger partial charge in [0, 0.05) is 43.5 Å². The van der Waals surface area contributed by atoms with Crippen LogP contribution in [0.15, 0.2) is 23.6 Å². The molecule has 2 aromatic rings. The number of aryl methyl sites for hydroxylation is 2. The summed E-state index contributed by atoms with van der Waals surface area (Å²) in [4.78, 5) is 21.8. The maximum Gasteiger partial charge on any atom is 0.260 e. The predicted molar refractivity (Wildman–Crippen MR) is 119 cm³/mol. The molecule has 6 heteroatoms. The molecule has 1 fully saturated rings. The molecular formula is C23H33N3O2S. The molecule has 0 aliphatic carbocycles. The highest BCUT2D eigenvalue weighted by atomic mass is 32.1. The van der Waals surface area contributed by atoms with Gasteiger partial charge in [-0.15, -0.1) is 11.3 Å². The second-order valence-electron chi connectivity index (χ2n) is 8.94. The summed E-state index contributed by atoms with van der Waals surface area (Å²) < 4.78 is 5.74. The summed E-state index contributed by atoms with van der Waals surface area (Å²) in [7, 11) is 0. The number of benzene rings is 1. The number of hydrogen-bond acceptors (Lipinski definition) is 5. The summed E-state index contributed by atoms with van der Waals surface area (Å²) in [6, 6.07) is 5.95. The smallest absolute Gasteiger partial charge is 0.260 e. The Morgan fingerprint density at radius 1 is 1.14 bits per heavy atom. The van der Waals surface area contributed by atoms with Crippen molar-refractivity contribution in [3.8, 4) is 5.75 Å². The Bertz CT molecular complexity index is 841. The number of aromatic nitrogens is 1. The van der Waals surface area contributed by atoms with Crippen LogP contribution in [-0.4, -0.2) is 53.5 Å². The maximum atomic E-state index is 12.6. The fourth-order valence-electron chi connectivity index (χ4n) is 3.37. The molecule has 0 N–H and O–H groups in total. The minimum absolute atomic E-state index is 0.0637. The highest BCUT2D eigenvalue weighted by Crippen LogP contribution is 2.26. The molecule has 0 radical (unpaired) electrons. The molecule has 0 bridgehead atoms. The number of thiazole rings is 1. The predicted octanol–water partition coefficient (Wildman–Crippen LogP) is 4.17. The minimum Gasteiger partial charge on any atom is -0.484 e. The van der Waals surface area contributed by atoms with Crippen LogP contribution in [0, 0.1) is 13.8 Å². The summed E-state index contributed by atoms with van der Waals surface area (Å²) in [6.07, 6.45) is 0.978. The molecule has 3 rings (SSSR count). The van der Waals surface area contributed by atoms with E-state index >= 15 is 0 Å². The molecule has 1 amide bonds. The van der Waals surface area contributed by atoms with E-state index < -0.39 is 0 Å². The summed E-state index contributed by atoms with van der Waals surface area (Å²) in [6.45, 7) is 15.1. The molecule has 2 heterocycles. The minimum atomic E-state index is 0.0637. The van der Waals surface area contributed by atoms with Crippen molar-refractivity contribution in [3.05, 3.63) is 45.4 Å². The van der Waals surface area contributed by atoms with Crippen LogP contribution in [0.25, 0.3) is 0 Å². The Kier molecular flexibility index (Phi) is 6.96. The number of rotatable bonds is 5. The van der Waals surface area contributed by atoms with Gasteiger partial charge in [-0.25, -0.2) is 4.98 Å². The number of hydrogen-bond donors (Lipinski definition) is 0. The molecule has 1 aromatic heterocycles. The second-order valence-corrected chi connectivity index (χ2v) is 9.80. The normalized spacial score (nSPS) is 16.0. The van der Waals surface area contributed by atoms with E-state index in [0.717, 1.165) is 50.6 Å². The number of ether oxygens (including phenoxy) is 1. The van der Waals surface area contributed by atoms with E-state index in [4.69, 9.17) is 9.72 Å². The Labute approximate surface area is 178 Å². The van der Waals surface area contributed by atoms with Crippen LogP contribution in [-0.2, 0) is 16.8 Å². The zero-order valence-electron chi connectivity index (χ0n) is 18.3. The monoisotopic (exact) mass is 415 g/mol. The molecule has 1 aromatic carbocycles. The van der Waals surface area contributed by atoms with Gasteiger partial charge in [-0.1, -0.05) is 26.8 Å². The van der Waals surface area contributed by atoms with E-state index in [2.05, 4.69) is 44.9 Å². The first-order valence-corrected chi connectivity index (χ1v) is 11.3. The third kappa shape index (κ3) is 6.03. The van der Waals surface area contributed by atoms with E-state index in [1.165, 1.54) is 16.1 Å². The van der Waals surface area contributed by atoms with Gasteiger partial charge in [-0.3, -0.25) is 9.69 Å². The highest BCUT2D eigenvalue weighted by Gasteiger charge is 2.22. The van der Waals surface area contributed by atoms with Crippen molar-refractivity contribution in [3.63, 3.8) is 0 Å². The van der Waals surface area contributed by atoms with E-state index in [1.54, 1.807) is 11.3 Å². The van der Waals surface area contributed by atoms with Gasteiger partial charge in [0.1, 0.15) is 5.75 Å². The summed E-state index contributed by atoms with van der Waals surface area (Å²) in [5.74, 6) is 0.824. The lowest BCUT2D eigenvalue weighted by atomic mass is 9.98. The summed E-state index contributed by atoms with van der Waals surface area (Å²) >= 11 is 1.74. The lowest BCUT2D eigenvalue weighted by molar-refractivity contribution is -0.133. The van der Waals surface area contributed by atoms with Crippen molar-refractivity contribution in [2.24, 2.45) is 0 Å². The molecule has 1 aliphatic heterocycles. The van der Waals surface area contributed by atoms with E-state index in [9.17, 15) is 4.79 Å². The molecule has 0 atom stereocenters. The van der Waals surface area contributed by atoms with Gasteiger partial charge in [-0.2, -0.15) is 0 Å². The molecule has 1 saturated heterocycles. The molecule has 0 unspecified atom stereocenters. The summed E-state index contributed by atoms with van der Waals surface area (Å²) in [5.41, 5.74) is 3.64. The van der Waals surface area contributed by atoms with Crippen molar-refractivity contribution < 1.29 is 9.53 Å². The Hall–Kier alpha value is -1.92. The van der Waals surface area contributed by atoms with Crippen LogP contribution < -0.4 is 4.74 Å². The number of nitrogens with zero attached hydrogens (tertiary/aromatic N) is 3. The van der Waals surface area contributed by atoms with Crippen molar-refractivity contribution in [2.75, 3.05) is 32.8 Å². The largest absolute Gasteiger partial charge is 0.484 e. The highest BCUT2D eigenvalue weighted by molar-refractivity contribution is 7.09. The average molecular weight is 416 g/mol. The molecule has 1 aliphatic rings. The first-order chi connectivity index (χ1) is 13.7. The first-order valence-electron chi connectivity index (χ1n) is 10.4. The zero-order valence-corrected chi connectivity index (χ0v) is 19.1. The maximum absolute atomic E-state index is 12.6. The lowest BCUT2D eigenvalue weighted by Gasteiger charge is -2.22. The van der Waals surface area contributed by atoms with Gasteiger partial charge in [0.15, 0.2) is 6.61 Å². The number of amides is 1. The van der Waals surface area contributed by atoms with Crippen LogP contribution in [0.2, 0.25) is 0 Å². The third-order valence-electron chi connectivity index (χ3n) is 5.36. The number of carbonyl (C=O) groups is 1. The van der Waals surface area contributed by atoms with E-state index in [1.807, 2.05) is 23.1 Å². The molecule has 5 nitrogen and oxygen atoms in total. The molecule has 0 saturated carbocycles. The van der Waals surface area contributed by atoms with Gasteiger partial charge in [0.25, 0.3) is 5.91 Å². The van der Waals surface area contributed by atoms with Crippen molar-refractivity contribution in [1.29, 1.82) is 0 Å². The van der Waals surface area contributed by atoms with Gasteiger partial charge in [-0.05, 0) is 43.5 Å². The average Bonchev–Trinajstić information content (AvgIpc) is 3.01. The van der Waals surface area contributed by atoms with Crippen molar-refractivity contribution >= 4 is 17.2 Å². The Morgan fingerprint density at radius 2 is 1.93 bits per heavy atom. The van der Waals surface area contributed by atoms with E-state index in [0.29, 0.717) is 0 Å². The van der Waals surface area contributed by atoms with Crippen LogP contribution in [0.1, 0.15) is 49.0 Å². The van der Waals surface area contributed by atoms with Gasteiger partial charge in [0.2, 0.25) is 0 Å². The van der Waals surface area contributed by atoms with Crippen LogP contribution >= 0.6 is 11.3 Å². The molecule has 29 heavy (non-hydrogen) atoms. The molecule has 158 valence electrons. The van der Waals surface area contributed by atoms with Crippen molar-refractivity contribution in [1.82, 2.24) is 14.8 Å². The second kappa shape index (κ2) is 9.26. The third-order valence-corrected chi connectivity index (χ3v) is 6.68. The quantitative estimate of drug-likeness (QED) is 0.735.